The zero-order valence-electron chi connectivity index (χ0n) is 13.7. The van der Waals surface area contributed by atoms with E-state index in [1.54, 1.807) is 0 Å². The molecule has 23 heavy (non-hydrogen) atoms. The zero-order chi connectivity index (χ0) is 15.9. The van der Waals surface area contributed by atoms with Crippen molar-refractivity contribution in [3.05, 3.63) is 35.9 Å². The van der Waals surface area contributed by atoms with Crippen LogP contribution in [-0.2, 0) is 4.74 Å². The lowest BCUT2D eigenvalue weighted by Crippen LogP contribution is -2.43. The molecule has 1 aromatic carbocycles. The van der Waals surface area contributed by atoms with Crippen LogP contribution in [-0.4, -0.2) is 48.7 Å². The van der Waals surface area contributed by atoms with Crippen molar-refractivity contribution in [3.63, 3.8) is 0 Å². The van der Waals surface area contributed by atoms with E-state index in [0.717, 1.165) is 57.1 Å². The minimum atomic E-state index is 0.161. The lowest BCUT2D eigenvalue weighted by Gasteiger charge is -2.29. The Labute approximate surface area is 143 Å². The second-order valence-electron chi connectivity index (χ2n) is 6.30. The van der Waals surface area contributed by atoms with Gasteiger partial charge in [-0.25, -0.2) is 4.99 Å². The molecule has 0 bridgehead atoms. The standard InChI is InChI=1S/C18H27N3OS/c19-18(21-8-12-23-13-9-21)20-17(16-4-2-1-3-5-16)14-15-6-10-22-11-7-15/h1-5,15,17H,6-14H2,(H2,19,20). The summed E-state index contributed by atoms with van der Waals surface area (Å²) in [5.41, 5.74) is 7.61. The molecule has 126 valence electrons. The molecule has 2 saturated heterocycles. The maximum absolute atomic E-state index is 6.33. The van der Waals surface area contributed by atoms with E-state index in [1.165, 1.54) is 5.56 Å². The van der Waals surface area contributed by atoms with Gasteiger partial charge in [-0.2, -0.15) is 11.8 Å². The van der Waals surface area contributed by atoms with Gasteiger partial charge in [-0.15, -0.1) is 0 Å². The lowest BCUT2D eigenvalue weighted by molar-refractivity contribution is 0.0619. The number of benzene rings is 1. The highest BCUT2D eigenvalue weighted by molar-refractivity contribution is 7.99. The minimum absolute atomic E-state index is 0.161. The van der Waals surface area contributed by atoms with Gasteiger partial charge < -0.3 is 15.4 Å². The van der Waals surface area contributed by atoms with Crippen molar-refractivity contribution >= 4 is 17.7 Å². The average molecular weight is 334 g/mol. The van der Waals surface area contributed by atoms with Crippen molar-refractivity contribution in [1.29, 1.82) is 0 Å². The molecule has 2 aliphatic heterocycles. The number of aliphatic imine (C=N–C) groups is 1. The SMILES string of the molecule is NC(=NC(CC1CCOCC1)c1ccccc1)N1CCSCC1. The molecule has 2 aliphatic rings. The molecule has 1 aromatic rings. The molecule has 0 aliphatic carbocycles. The van der Waals surface area contributed by atoms with Crippen molar-refractivity contribution in [2.24, 2.45) is 16.6 Å². The summed E-state index contributed by atoms with van der Waals surface area (Å²) in [6, 6.07) is 10.8. The molecule has 2 N–H and O–H groups in total. The van der Waals surface area contributed by atoms with Crippen molar-refractivity contribution < 1.29 is 4.74 Å². The van der Waals surface area contributed by atoms with Gasteiger partial charge in [0.2, 0.25) is 0 Å². The van der Waals surface area contributed by atoms with E-state index in [1.807, 2.05) is 11.8 Å². The molecule has 1 unspecified atom stereocenters. The van der Waals surface area contributed by atoms with Crippen LogP contribution in [0.2, 0.25) is 0 Å². The van der Waals surface area contributed by atoms with Crippen molar-refractivity contribution in [2.75, 3.05) is 37.8 Å². The molecule has 1 atom stereocenters. The smallest absolute Gasteiger partial charge is 0.191 e. The first-order chi connectivity index (χ1) is 11.3. The van der Waals surface area contributed by atoms with Crippen LogP contribution in [0.25, 0.3) is 0 Å². The van der Waals surface area contributed by atoms with E-state index < -0.39 is 0 Å². The highest BCUT2D eigenvalue weighted by Gasteiger charge is 2.22. The maximum atomic E-state index is 6.33. The van der Waals surface area contributed by atoms with Gasteiger partial charge in [-0.3, -0.25) is 0 Å². The minimum Gasteiger partial charge on any atom is -0.381 e. The summed E-state index contributed by atoms with van der Waals surface area (Å²) in [5, 5.41) is 0. The van der Waals surface area contributed by atoms with Crippen LogP contribution in [0.15, 0.2) is 35.3 Å². The maximum Gasteiger partial charge on any atom is 0.191 e. The van der Waals surface area contributed by atoms with Crippen LogP contribution >= 0.6 is 11.8 Å². The predicted octanol–water partition coefficient (Wildman–Crippen LogP) is 2.91. The van der Waals surface area contributed by atoms with E-state index in [2.05, 4.69) is 35.2 Å². The van der Waals surface area contributed by atoms with Gasteiger partial charge in [0.1, 0.15) is 0 Å². The zero-order valence-corrected chi connectivity index (χ0v) is 14.5. The number of nitrogens with zero attached hydrogens (tertiary/aromatic N) is 2. The average Bonchev–Trinajstić information content (AvgIpc) is 2.63. The highest BCUT2D eigenvalue weighted by Crippen LogP contribution is 2.30. The van der Waals surface area contributed by atoms with Crippen LogP contribution in [0.3, 0.4) is 0 Å². The van der Waals surface area contributed by atoms with E-state index >= 15 is 0 Å². The van der Waals surface area contributed by atoms with Crippen LogP contribution in [0, 0.1) is 5.92 Å². The predicted molar refractivity (Wildman–Crippen MR) is 97.9 cm³/mol. The Bertz CT molecular complexity index is 496. The molecule has 4 nitrogen and oxygen atoms in total. The summed E-state index contributed by atoms with van der Waals surface area (Å²) >= 11 is 1.99. The number of hydrogen-bond acceptors (Lipinski definition) is 3. The Balaban J connectivity index is 1.73. The Hall–Kier alpha value is -1.20. The van der Waals surface area contributed by atoms with E-state index in [0.29, 0.717) is 11.9 Å². The summed E-state index contributed by atoms with van der Waals surface area (Å²) in [7, 11) is 0. The Morgan fingerprint density at radius 3 is 2.61 bits per heavy atom. The third-order valence-electron chi connectivity index (χ3n) is 4.71. The van der Waals surface area contributed by atoms with E-state index in [-0.39, 0.29) is 6.04 Å². The number of rotatable bonds is 4. The molecule has 2 fully saturated rings. The lowest BCUT2D eigenvalue weighted by atomic mass is 9.90. The molecule has 0 aromatic heterocycles. The van der Waals surface area contributed by atoms with Crippen molar-refractivity contribution in [1.82, 2.24) is 4.90 Å². The van der Waals surface area contributed by atoms with Gasteiger partial charge in [-0.1, -0.05) is 30.3 Å². The third-order valence-corrected chi connectivity index (χ3v) is 5.65. The second-order valence-corrected chi connectivity index (χ2v) is 7.53. The highest BCUT2D eigenvalue weighted by atomic mass is 32.2. The van der Waals surface area contributed by atoms with Gasteiger partial charge in [0.15, 0.2) is 5.96 Å². The number of thioether (sulfide) groups is 1. The third kappa shape index (κ3) is 4.88. The molecular formula is C18H27N3OS. The molecule has 3 rings (SSSR count). The van der Waals surface area contributed by atoms with Crippen LogP contribution in [0.1, 0.15) is 30.9 Å². The molecular weight excluding hydrogens is 306 g/mol. The van der Waals surface area contributed by atoms with Crippen LogP contribution in [0.5, 0.6) is 0 Å². The van der Waals surface area contributed by atoms with Crippen LogP contribution in [0.4, 0.5) is 0 Å². The molecule has 0 saturated carbocycles. The molecule has 0 amide bonds. The normalized spacial score (nSPS) is 22.1. The summed E-state index contributed by atoms with van der Waals surface area (Å²) in [6.07, 6.45) is 3.34. The Morgan fingerprint density at radius 1 is 1.22 bits per heavy atom. The van der Waals surface area contributed by atoms with Gasteiger partial charge >= 0.3 is 0 Å². The fraction of sp³-hybridized carbons (Fsp3) is 0.611. The van der Waals surface area contributed by atoms with Gasteiger partial charge in [0.05, 0.1) is 6.04 Å². The Kier molecular flexibility index (Phi) is 6.22. The molecule has 0 spiro atoms. The fourth-order valence-electron chi connectivity index (χ4n) is 3.27. The van der Waals surface area contributed by atoms with Gasteiger partial charge in [-0.05, 0) is 30.7 Å². The first-order valence-corrected chi connectivity index (χ1v) is 9.77. The topological polar surface area (TPSA) is 50.9 Å². The summed E-state index contributed by atoms with van der Waals surface area (Å²) in [5.74, 6) is 3.69. The molecule has 0 radical (unpaired) electrons. The van der Waals surface area contributed by atoms with Crippen LogP contribution < -0.4 is 5.73 Å². The van der Waals surface area contributed by atoms with Crippen molar-refractivity contribution in [3.8, 4) is 0 Å². The van der Waals surface area contributed by atoms with E-state index in [9.17, 15) is 0 Å². The van der Waals surface area contributed by atoms with Gasteiger partial charge in [0.25, 0.3) is 0 Å². The number of nitrogens with two attached hydrogens (primary N) is 1. The summed E-state index contributed by atoms with van der Waals surface area (Å²) in [6.45, 7) is 3.79. The quantitative estimate of drug-likeness (QED) is 0.680. The monoisotopic (exact) mass is 333 g/mol. The largest absolute Gasteiger partial charge is 0.381 e. The number of ether oxygens (including phenoxy) is 1. The number of guanidine groups is 1. The summed E-state index contributed by atoms with van der Waals surface area (Å²) in [4.78, 5) is 7.17. The second kappa shape index (κ2) is 8.60. The first kappa shape index (κ1) is 16.7. The van der Waals surface area contributed by atoms with Gasteiger partial charge in [0, 0.05) is 37.8 Å². The fourth-order valence-corrected chi connectivity index (χ4v) is 4.17. The summed E-state index contributed by atoms with van der Waals surface area (Å²) < 4.78 is 5.49. The van der Waals surface area contributed by atoms with E-state index in [4.69, 9.17) is 15.5 Å². The Morgan fingerprint density at radius 2 is 1.91 bits per heavy atom. The molecule has 5 heteroatoms. The first-order valence-electron chi connectivity index (χ1n) is 8.61. The molecule has 2 heterocycles. The number of hydrogen-bond donors (Lipinski definition) is 1. The van der Waals surface area contributed by atoms with Crippen molar-refractivity contribution in [2.45, 2.75) is 25.3 Å².